The summed E-state index contributed by atoms with van der Waals surface area (Å²) in [5, 5.41) is 18.1. The summed E-state index contributed by atoms with van der Waals surface area (Å²) in [4.78, 5) is 22.2. The van der Waals surface area contributed by atoms with Crippen molar-refractivity contribution in [3.8, 4) is 5.75 Å². The first-order valence-electron chi connectivity index (χ1n) is 6.24. The normalized spacial score (nSPS) is 19.3. The Bertz CT molecular complexity index is 711. The molecule has 1 aromatic carbocycles. The molecule has 1 heterocycles. The van der Waals surface area contributed by atoms with Gasteiger partial charge in [-0.15, -0.1) is 5.10 Å². The van der Waals surface area contributed by atoms with E-state index in [1.807, 2.05) is 0 Å². The minimum Gasteiger partial charge on any atom is -0.493 e. The molecule has 0 aromatic heterocycles. The average molecular weight is 404 g/mol. The van der Waals surface area contributed by atoms with Gasteiger partial charge in [0.25, 0.3) is 0 Å². The molecular formula is C13H11BrFN3O4S. The van der Waals surface area contributed by atoms with E-state index in [9.17, 15) is 14.0 Å². The number of amidine groups is 1. The third kappa shape index (κ3) is 4.52. The Hall–Kier alpha value is -1.94. The number of carboxylic acid groups (broad SMARTS) is 1. The lowest BCUT2D eigenvalue weighted by Crippen LogP contribution is -2.26. The molecule has 2 N–H and O–H groups in total. The van der Waals surface area contributed by atoms with Crippen LogP contribution in [-0.4, -0.2) is 40.7 Å². The van der Waals surface area contributed by atoms with Crippen LogP contribution >= 0.6 is 27.7 Å². The van der Waals surface area contributed by atoms with Crippen LogP contribution < -0.4 is 10.1 Å². The highest BCUT2D eigenvalue weighted by Gasteiger charge is 2.32. The molecule has 0 spiro atoms. The number of rotatable bonds is 5. The molecule has 1 aliphatic heterocycles. The maximum Gasteiger partial charge on any atom is 0.305 e. The predicted molar refractivity (Wildman–Crippen MR) is 87.5 cm³/mol. The maximum absolute atomic E-state index is 13.7. The van der Waals surface area contributed by atoms with Crippen LogP contribution in [0.1, 0.15) is 12.0 Å². The van der Waals surface area contributed by atoms with E-state index < -0.39 is 22.9 Å². The fourth-order valence-electron chi connectivity index (χ4n) is 1.78. The van der Waals surface area contributed by atoms with E-state index in [0.29, 0.717) is 10.0 Å². The molecule has 2 rings (SSSR count). The van der Waals surface area contributed by atoms with E-state index in [2.05, 4.69) is 31.4 Å². The van der Waals surface area contributed by atoms with Crippen LogP contribution in [-0.2, 0) is 9.59 Å². The number of benzene rings is 1. The highest BCUT2D eigenvalue weighted by atomic mass is 79.9. The fraction of sp³-hybridized carbons (Fsp3) is 0.231. The Balaban J connectivity index is 2.13. The Morgan fingerprint density at radius 1 is 1.61 bits per heavy atom. The summed E-state index contributed by atoms with van der Waals surface area (Å²) in [5.41, 5.74) is 0.361. The lowest BCUT2D eigenvalue weighted by molar-refractivity contribution is -0.138. The van der Waals surface area contributed by atoms with Gasteiger partial charge in [0.05, 0.1) is 19.7 Å². The van der Waals surface area contributed by atoms with Gasteiger partial charge >= 0.3 is 5.97 Å². The van der Waals surface area contributed by atoms with Crippen molar-refractivity contribution >= 4 is 51.0 Å². The van der Waals surface area contributed by atoms with E-state index >= 15 is 0 Å². The summed E-state index contributed by atoms with van der Waals surface area (Å²) in [7, 11) is 1.33. The number of hydrogen-bond acceptors (Lipinski definition) is 6. The molecule has 7 nitrogen and oxygen atoms in total. The molecule has 1 aromatic rings. The molecule has 10 heteroatoms. The third-order valence-electron chi connectivity index (χ3n) is 2.72. The molecule has 122 valence electrons. The zero-order valence-electron chi connectivity index (χ0n) is 11.7. The van der Waals surface area contributed by atoms with E-state index in [4.69, 9.17) is 9.84 Å². The molecule has 1 atom stereocenters. The van der Waals surface area contributed by atoms with Crippen LogP contribution in [0.3, 0.4) is 0 Å². The number of amides is 1. The summed E-state index contributed by atoms with van der Waals surface area (Å²) in [5.74, 6) is -2.04. The number of carbonyl (C=O) groups excluding carboxylic acids is 1. The first kappa shape index (κ1) is 17.4. The number of carbonyl (C=O) groups is 2. The van der Waals surface area contributed by atoms with Crippen molar-refractivity contribution in [2.24, 2.45) is 10.2 Å². The number of hydrogen-bond donors (Lipinski definition) is 2. The van der Waals surface area contributed by atoms with Gasteiger partial charge in [0.15, 0.2) is 16.7 Å². The molecule has 0 radical (unpaired) electrons. The number of aliphatic carboxylic acids is 1. The predicted octanol–water partition coefficient (Wildman–Crippen LogP) is 1.99. The molecule has 1 amide bonds. The minimum atomic E-state index is -1.07. The Morgan fingerprint density at radius 3 is 3.00 bits per heavy atom. The van der Waals surface area contributed by atoms with Crippen molar-refractivity contribution in [3.05, 3.63) is 28.0 Å². The summed E-state index contributed by atoms with van der Waals surface area (Å²) < 4.78 is 19.2. The number of carboxylic acids is 1. The van der Waals surface area contributed by atoms with E-state index in [0.717, 1.165) is 11.8 Å². The number of nitrogens with zero attached hydrogens (tertiary/aromatic N) is 2. The average Bonchev–Trinajstić information content (AvgIpc) is 2.78. The van der Waals surface area contributed by atoms with Crippen LogP contribution in [0.2, 0.25) is 0 Å². The molecule has 1 fully saturated rings. The second-order valence-corrected chi connectivity index (χ2v) is 6.46. The third-order valence-corrected chi connectivity index (χ3v) is 4.25. The van der Waals surface area contributed by atoms with Gasteiger partial charge in [0, 0.05) is 10.0 Å². The Kier molecular flexibility index (Phi) is 5.72. The Morgan fingerprint density at radius 2 is 2.35 bits per heavy atom. The quantitative estimate of drug-likeness (QED) is 0.578. The highest BCUT2D eigenvalue weighted by molar-refractivity contribution is 9.10. The summed E-state index contributed by atoms with van der Waals surface area (Å²) >= 11 is 4.14. The monoisotopic (exact) mass is 403 g/mol. The van der Waals surface area contributed by atoms with Gasteiger partial charge < -0.3 is 15.2 Å². The second kappa shape index (κ2) is 7.55. The first-order valence-corrected chi connectivity index (χ1v) is 7.91. The molecule has 1 saturated heterocycles. The van der Waals surface area contributed by atoms with Crippen molar-refractivity contribution in [2.45, 2.75) is 11.7 Å². The van der Waals surface area contributed by atoms with Gasteiger partial charge in [-0.05, 0) is 12.1 Å². The standard InChI is InChI=1S/C13H11BrFN3O4S/c1-22-11-6(2-7(14)3-8(11)15)5-16-18-13-17-12(21)9(23-13)4-10(19)20/h2-3,5,9H,4H2,1H3,(H,19,20)(H,17,18,21). The number of nitrogens with one attached hydrogen (secondary N) is 1. The van der Waals surface area contributed by atoms with Crippen LogP contribution in [0, 0.1) is 5.82 Å². The van der Waals surface area contributed by atoms with Gasteiger partial charge in [-0.3, -0.25) is 9.59 Å². The lowest BCUT2D eigenvalue weighted by atomic mass is 10.2. The van der Waals surface area contributed by atoms with E-state index in [1.165, 1.54) is 19.4 Å². The maximum atomic E-state index is 13.7. The summed E-state index contributed by atoms with van der Waals surface area (Å²) in [6.07, 6.45) is 0.973. The van der Waals surface area contributed by atoms with Crippen LogP contribution in [0.15, 0.2) is 26.8 Å². The lowest BCUT2D eigenvalue weighted by Gasteiger charge is -2.05. The SMILES string of the molecule is COc1c(F)cc(Br)cc1C=NN=C1NC(=O)C(CC(=O)O)S1. The molecule has 0 bridgehead atoms. The first-order chi connectivity index (χ1) is 10.9. The van der Waals surface area contributed by atoms with Crippen molar-refractivity contribution < 1.29 is 23.8 Å². The number of ether oxygens (including phenoxy) is 1. The molecule has 0 aliphatic carbocycles. The van der Waals surface area contributed by atoms with Crippen LogP contribution in [0.5, 0.6) is 5.75 Å². The number of halogens is 2. The number of methoxy groups -OCH3 is 1. The molecule has 0 saturated carbocycles. The minimum absolute atomic E-state index is 0.0176. The van der Waals surface area contributed by atoms with Gasteiger partial charge in [-0.25, -0.2) is 4.39 Å². The highest BCUT2D eigenvalue weighted by Crippen LogP contribution is 2.26. The summed E-state index contributed by atoms with van der Waals surface area (Å²) in [6.45, 7) is 0. The molecule has 1 aliphatic rings. The molecule has 1 unspecified atom stereocenters. The molecular weight excluding hydrogens is 393 g/mol. The van der Waals surface area contributed by atoms with Crippen molar-refractivity contribution in [3.63, 3.8) is 0 Å². The van der Waals surface area contributed by atoms with Crippen LogP contribution in [0.25, 0.3) is 0 Å². The number of thioether (sulfide) groups is 1. The fourth-order valence-corrected chi connectivity index (χ4v) is 3.14. The van der Waals surface area contributed by atoms with Gasteiger partial charge in [0.2, 0.25) is 5.91 Å². The van der Waals surface area contributed by atoms with Gasteiger partial charge in [-0.2, -0.15) is 5.10 Å². The zero-order chi connectivity index (χ0) is 17.0. The van der Waals surface area contributed by atoms with Crippen molar-refractivity contribution in [1.29, 1.82) is 0 Å². The summed E-state index contributed by atoms with van der Waals surface area (Å²) in [6, 6.07) is 2.85. The van der Waals surface area contributed by atoms with Gasteiger partial charge in [-0.1, -0.05) is 27.7 Å². The van der Waals surface area contributed by atoms with E-state index in [-0.39, 0.29) is 17.3 Å². The largest absolute Gasteiger partial charge is 0.493 e. The second-order valence-electron chi connectivity index (χ2n) is 4.35. The molecule has 23 heavy (non-hydrogen) atoms. The van der Waals surface area contributed by atoms with Crippen molar-refractivity contribution in [2.75, 3.05) is 7.11 Å². The Labute approximate surface area is 143 Å². The van der Waals surface area contributed by atoms with Crippen molar-refractivity contribution in [1.82, 2.24) is 5.32 Å². The topological polar surface area (TPSA) is 100 Å². The zero-order valence-corrected chi connectivity index (χ0v) is 14.1. The van der Waals surface area contributed by atoms with E-state index in [1.54, 1.807) is 6.07 Å². The van der Waals surface area contributed by atoms with Gasteiger partial charge in [0.1, 0.15) is 5.25 Å². The van der Waals surface area contributed by atoms with Crippen LogP contribution in [0.4, 0.5) is 4.39 Å². The smallest absolute Gasteiger partial charge is 0.305 e.